The summed E-state index contributed by atoms with van der Waals surface area (Å²) in [5.41, 5.74) is -0.776. The van der Waals surface area contributed by atoms with Crippen molar-refractivity contribution >= 4 is 29.6 Å². The molecule has 0 aliphatic carbocycles. The average Bonchev–Trinajstić information content (AvgIpc) is 2.39. The Morgan fingerprint density at radius 3 is 2.65 bits per heavy atom. The Balaban J connectivity index is 2.77. The van der Waals surface area contributed by atoms with Crippen molar-refractivity contribution in [2.75, 3.05) is 0 Å². The summed E-state index contributed by atoms with van der Waals surface area (Å²) in [6.45, 7) is 3.09. The van der Waals surface area contributed by atoms with Gasteiger partial charge in [0, 0.05) is 6.08 Å². The van der Waals surface area contributed by atoms with E-state index in [1.165, 1.54) is 37.3 Å². The van der Waals surface area contributed by atoms with Gasteiger partial charge in [-0.25, -0.2) is 9.18 Å². The van der Waals surface area contributed by atoms with Crippen molar-refractivity contribution in [2.24, 2.45) is 0 Å². The van der Waals surface area contributed by atoms with Crippen LogP contribution in [0, 0.1) is 5.82 Å². The lowest BCUT2D eigenvalue weighted by Gasteiger charge is -2.23. The molecule has 0 bridgehead atoms. The van der Waals surface area contributed by atoms with Crippen LogP contribution in [0.1, 0.15) is 25.8 Å². The fourth-order valence-electron chi connectivity index (χ4n) is 1.39. The zero-order valence-corrected chi connectivity index (χ0v) is 11.9. The van der Waals surface area contributed by atoms with E-state index in [1.54, 1.807) is 6.92 Å². The summed E-state index contributed by atoms with van der Waals surface area (Å²) in [6, 6.07) is 4.02. The molecule has 1 aromatic rings. The maximum Gasteiger partial charge on any atom is 0.329 e. The molecule has 0 aliphatic heterocycles. The first kappa shape index (κ1) is 16.2. The van der Waals surface area contributed by atoms with E-state index in [2.05, 4.69) is 5.32 Å². The Hall–Kier alpha value is -1.88. The van der Waals surface area contributed by atoms with Crippen molar-refractivity contribution in [3.63, 3.8) is 0 Å². The second kappa shape index (κ2) is 6.52. The number of aliphatic carboxylic acids is 1. The molecule has 0 aliphatic rings. The molecule has 1 rings (SSSR count). The minimum atomic E-state index is -1.32. The normalized spacial score (nSPS) is 14.0. The topological polar surface area (TPSA) is 66.4 Å². The number of halogens is 2. The van der Waals surface area contributed by atoms with Gasteiger partial charge in [0.05, 0.1) is 5.02 Å². The molecule has 1 amide bonds. The van der Waals surface area contributed by atoms with Crippen LogP contribution in [0.5, 0.6) is 0 Å². The van der Waals surface area contributed by atoms with E-state index >= 15 is 0 Å². The van der Waals surface area contributed by atoms with Gasteiger partial charge in [-0.1, -0.05) is 24.6 Å². The Bertz CT molecular complexity index is 559. The van der Waals surface area contributed by atoms with Crippen LogP contribution >= 0.6 is 11.6 Å². The molecule has 0 spiro atoms. The maximum absolute atomic E-state index is 13.0. The minimum absolute atomic E-state index is 0.0449. The predicted molar refractivity (Wildman–Crippen MR) is 74.9 cm³/mol. The van der Waals surface area contributed by atoms with Gasteiger partial charge >= 0.3 is 5.97 Å². The van der Waals surface area contributed by atoms with Gasteiger partial charge in [0.2, 0.25) is 5.91 Å². The number of carboxylic acids is 1. The lowest BCUT2D eigenvalue weighted by atomic mass is 9.99. The second-order valence-corrected chi connectivity index (χ2v) is 4.89. The van der Waals surface area contributed by atoms with Gasteiger partial charge in [-0.05, 0) is 37.1 Å². The summed E-state index contributed by atoms with van der Waals surface area (Å²) in [5.74, 6) is -2.19. The number of carbonyl (C=O) groups excluding carboxylic acids is 1. The first-order chi connectivity index (χ1) is 9.28. The third-order valence-corrected chi connectivity index (χ3v) is 3.24. The number of carboxylic acid groups (broad SMARTS) is 1. The lowest BCUT2D eigenvalue weighted by molar-refractivity contribution is -0.146. The standard InChI is InChI=1S/C14H15ClFNO3/c1-3-14(2,13(19)20)17-12(18)7-5-9-4-6-11(16)10(15)8-9/h4-8H,3H2,1-2H3,(H,17,18)(H,19,20). The zero-order chi connectivity index (χ0) is 15.3. The number of benzene rings is 1. The number of rotatable bonds is 5. The fraction of sp³-hybridized carbons (Fsp3) is 0.286. The molecular formula is C14H15ClFNO3. The molecule has 1 unspecified atom stereocenters. The van der Waals surface area contributed by atoms with Crippen molar-refractivity contribution in [1.82, 2.24) is 5.32 Å². The average molecular weight is 300 g/mol. The van der Waals surface area contributed by atoms with Crippen LogP contribution in [0.25, 0.3) is 6.08 Å². The Labute approximate surface area is 121 Å². The first-order valence-electron chi connectivity index (χ1n) is 5.97. The van der Waals surface area contributed by atoms with Crippen molar-refractivity contribution in [3.8, 4) is 0 Å². The largest absolute Gasteiger partial charge is 0.480 e. The van der Waals surface area contributed by atoms with Gasteiger partial charge < -0.3 is 10.4 Å². The first-order valence-corrected chi connectivity index (χ1v) is 6.35. The SMILES string of the molecule is CCC(C)(NC(=O)C=Cc1ccc(F)c(Cl)c1)C(=O)O. The number of nitrogens with one attached hydrogen (secondary N) is 1. The maximum atomic E-state index is 13.0. The summed E-state index contributed by atoms with van der Waals surface area (Å²) < 4.78 is 13.0. The van der Waals surface area contributed by atoms with Gasteiger partial charge in [0.25, 0.3) is 0 Å². The van der Waals surface area contributed by atoms with Gasteiger partial charge in [-0.15, -0.1) is 0 Å². The molecule has 108 valence electrons. The van der Waals surface area contributed by atoms with E-state index in [9.17, 15) is 14.0 Å². The molecule has 1 aromatic carbocycles. The van der Waals surface area contributed by atoms with E-state index in [0.29, 0.717) is 5.56 Å². The summed E-state index contributed by atoms with van der Waals surface area (Å²) in [4.78, 5) is 22.7. The van der Waals surface area contributed by atoms with Crippen molar-refractivity contribution in [1.29, 1.82) is 0 Å². The molecule has 0 saturated heterocycles. The van der Waals surface area contributed by atoms with E-state index in [1.807, 2.05) is 0 Å². The molecule has 0 saturated carbocycles. The molecule has 20 heavy (non-hydrogen) atoms. The Kier molecular flexibility index (Phi) is 5.27. The quantitative estimate of drug-likeness (QED) is 0.822. The van der Waals surface area contributed by atoms with Crippen LogP contribution in [0.3, 0.4) is 0 Å². The van der Waals surface area contributed by atoms with Crippen molar-refractivity contribution in [2.45, 2.75) is 25.8 Å². The molecule has 0 heterocycles. The van der Waals surface area contributed by atoms with Crippen LogP contribution in [0.2, 0.25) is 5.02 Å². The summed E-state index contributed by atoms with van der Waals surface area (Å²) in [5, 5.41) is 11.4. The number of hydrogen-bond acceptors (Lipinski definition) is 2. The van der Waals surface area contributed by atoms with Crippen LogP contribution in [-0.2, 0) is 9.59 Å². The highest BCUT2D eigenvalue weighted by Gasteiger charge is 2.31. The highest BCUT2D eigenvalue weighted by Crippen LogP contribution is 2.17. The predicted octanol–water partition coefficient (Wildman–Crippen LogP) is 2.86. The van der Waals surface area contributed by atoms with Gasteiger partial charge in [-0.2, -0.15) is 0 Å². The third kappa shape index (κ3) is 4.06. The van der Waals surface area contributed by atoms with Crippen molar-refractivity contribution < 1.29 is 19.1 Å². The number of carbonyl (C=O) groups is 2. The monoisotopic (exact) mass is 299 g/mol. The molecule has 6 heteroatoms. The lowest BCUT2D eigenvalue weighted by Crippen LogP contribution is -2.51. The van der Waals surface area contributed by atoms with E-state index in [4.69, 9.17) is 16.7 Å². The van der Waals surface area contributed by atoms with Crippen molar-refractivity contribution in [3.05, 3.63) is 40.7 Å². The molecule has 0 radical (unpaired) electrons. The molecule has 0 fully saturated rings. The van der Waals surface area contributed by atoms with Crippen LogP contribution < -0.4 is 5.32 Å². The van der Waals surface area contributed by atoms with Gasteiger partial charge in [0.15, 0.2) is 0 Å². The summed E-state index contributed by atoms with van der Waals surface area (Å²) >= 11 is 5.61. The Morgan fingerprint density at radius 1 is 1.50 bits per heavy atom. The molecular weight excluding hydrogens is 285 g/mol. The Morgan fingerprint density at radius 2 is 2.15 bits per heavy atom. The van der Waals surface area contributed by atoms with E-state index in [0.717, 1.165) is 0 Å². The van der Waals surface area contributed by atoms with E-state index in [-0.39, 0.29) is 11.4 Å². The molecule has 2 N–H and O–H groups in total. The van der Waals surface area contributed by atoms with Crippen LogP contribution in [-0.4, -0.2) is 22.5 Å². The summed E-state index contributed by atoms with van der Waals surface area (Å²) in [6.07, 6.45) is 2.86. The third-order valence-electron chi connectivity index (χ3n) is 2.95. The molecule has 1 atom stereocenters. The van der Waals surface area contributed by atoms with Crippen LogP contribution in [0.15, 0.2) is 24.3 Å². The minimum Gasteiger partial charge on any atom is -0.480 e. The fourth-order valence-corrected chi connectivity index (χ4v) is 1.58. The number of hydrogen-bond donors (Lipinski definition) is 2. The molecule has 0 aromatic heterocycles. The second-order valence-electron chi connectivity index (χ2n) is 4.49. The molecule has 4 nitrogen and oxygen atoms in total. The smallest absolute Gasteiger partial charge is 0.329 e. The zero-order valence-electron chi connectivity index (χ0n) is 11.1. The van der Waals surface area contributed by atoms with Gasteiger partial charge in [0.1, 0.15) is 11.4 Å². The highest BCUT2D eigenvalue weighted by molar-refractivity contribution is 6.30. The highest BCUT2D eigenvalue weighted by atomic mass is 35.5. The van der Waals surface area contributed by atoms with Crippen LogP contribution in [0.4, 0.5) is 4.39 Å². The summed E-state index contributed by atoms with van der Waals surface area (Å²) in [7, 11) is 0. The van der Waals surface area contributed by atoms with E-state index < -0.39 is 23.2 Å². The van der Waals surface area contributed by atoms with Gasteiger partial charge in [-0.3, -0.25) is 4.79 Å². The number of amides is 1.